The third kappa shape index (κ3) is 4.91. The summed E-state index contributed by atoms with van der Waals surface area (Å²) in [6.45, 7) is 2.88. The molecule has 6 nitrogen and oxygen atoms in total. The molecule has 128 valence electrons. The fourth-order valence-electron chi connectivity index (χ4n) is 3.12. The Hall–Kier alpha value is -2.18. The Morgan fingerprint density at radius 2 is 2.00 bits per heavy atom. The van der Waals surface area contributed by atoms with Gasteiger partial charge in [0.25, 0.3) is 5.56 Å². The zero-order valence-corrected chi connectivity index (χ0v) is 13.7. The van der Waals surface area contributed by atoms with Gasteiger partial charge in [0.2, 0.25) is 0 Å². The first-order valence-electron chi connectivity index (χ1n) is 8.39. The van der Waals surface area contributed by atoms with E-state index in [-0.39, 0.29) is 11.7 Å². The molecule has 0 spiro atoms. The molecule has 0 radical (unpaired) electrons. The Bertz CT molecular complexity index is 726. The molecule has 0 aliphatic carbocycles. The predicted octanol–water partition coefficient (Wildman–Crippen LogP) is 1.29. The lowest BCUT2D eigenvalue weighted by atomic mass is 10.1. The molecule has 1 saturated heterocycles. The molecule has 0 saturated carbocycles. The van der Waals surface area contributed by atoms with Crippen molar-refractivity contribution in [1.29, 1.82) is 0 Å². The first-order chi connectivity index (χ1) is 11.7. The first kappa shape index (κ1) is 16.7. The fraction of sp³-hybridized carbons (Fsp3) is 0.444. The van der Waals surface area contributed by atoms with E-state index in [9.17, 15) is 9.59 Å². The van der Waals surface area contributed by atoms with E-state index in [1.807, 2.05) is 6.07 Å². The molecule has 0 amide bonds. The summed E-state index contributed by atoms with van der Waals surface area (Å²) in [4.78, 5) is 29.8. The Morgan fingerprint density at radius 3 is 2.79 bits per heavy atom. The summed E-state index contributed by atoms with van der Waals surface area (Å²) in [5.74, 6) is 0. The summed E-state index contributed by atoms with van der Waals surface area (Å²) in [5, 5.41) is 0. The second kappa shape index (κ2) is 8.08. The number of morpholine rings is 1. The number of hydrogen-bond donors (Lipinski definition) is 2. The fourth-order valence-corrected chi connectivity index (χ4v) is 3.12. The van der Waals surface area contributed by atoms with Crippen molar-refractivity contribution in [2.45, 2.75) is 31.9 Å². The highest BCUT2D eigenvalue weighted by molar-refractivity contribution is 5.14. The summed E-state index contributed by atoms with van der Waals surface area (Å²) in [6, 6.07) is 11.9. The van der Waals surface area contributed by atoms with Gasteiger partial charge in [-0.25, -0.2) is 4.79 Å². The van der Waals surface area contributed by atoms with Gasteiger partial charge in [-0.2, -0.15) is 0 Å². The van der Waals surface area contributed by atoms with Crippen LogP contribution in [0.4, 0.5) is 0 Å². The molecule has 1 aromatic carbocycles. The van der Waals surface area contributed by atoms with Crippen LogP contribution in [0.2, 0.25) is 0 Å². The Labute approximate surface area is 140 Å². The standard InChI is InChI=1S/C18H23N3O3/c22-17-11-15(19-18(23)20-17)12-21-9-10-24-16(13-21)8-4-7-14-5-2-1-3-6-14/h1-3,5-6,11,16H,4,7-10,12-13H2,(H2,19,20,22,23)/t16-/m0/s1. The van der Waals surface area contributed by atoms with Gasteiger partial charge in [-0.1, -0.05) is 30.3 Å². The monoisotopic (exact) mass is 329 g/mol. The zero-order chi connectivity index (χ0) is 16.8. The zero-order valence-electron chi connectivity index (χ0n) is 13.7. The van der Waals surface area contributed by atoms with E-state index in [2.05, 4.69) is 39.1 Å². The molecule has 1 aliphatic heterocycles. The van der Waals surface area contributed by atoms with Crippen molar-refractivity contribution in [2.24, 2.45) is 0 Å². The van der Waals surface area contributed by atoms with Crippen LogP contribution in [0.25, 0.3) is 0 Å². The number of nitrogens with one attached hydrogen (secondary N) is 2. The molecule has 2 N–H and O–H groups in total. The number of rotatable bonds is 6. The quantitative estimate of drug-likeness (QED) is 0.837. The Balaban J connectivity index is 1.49. The average molecular weight is 329 g/mol. The third-order valence-corrected chi connectivity index (χ3v) is 4.27. The van der Waals surface area contributed by atoms with Crippen molar-refractivity contribution in [3.8, 4) is 0 Å². The minimum atomic E-state index is -0.454. The normalized spacial score (nSPS) is 18.6. The highest BCUT2D eigenvalue weighted by Gasteiger charge is 2.20. The lowest BCUT2D eigenvalue weighted by molar-refractivity contribution is -0.0358. The van der Waals surface area contributed by atoms with E-state index in [4.69, 9.17) is 4.74 Å². The SMILES string of the molecule is O=c1cc(CN2CCO[C@@H](CCCc3ccccc3)C2)[nH]c(=O)[nH]1. The van der Waals surface area contributed by atoms with Crippen LogP contribution in [0.1, 0.15) is 24.1 Å². The van der Waals surface area contributed by atoms with Gasteiger partial charge in [-0.3, -0.25) is 14.7 Å². The van der Waals surface area contributed by atoms with Gasteiger partial charge in [0.1, 0.15) is 0 Å². The maximum atomic E-state index is 11.4. The lowest BCUT2D eigenvalue weighted by Crippen LogP contribution is -2.42. The summed E-state index contributed by atoms with van der Waals surface area (Å²) in [5.41, 5.74) is 1.19. The molecule has 6 heteroatoms. The van der Waals surface area contributed by atoms with Crippen molar-refractivity contribution in [1.82, 2.24) is 14.9 Å². The average Bonchev–Trinajstić information content (AvgIpc) is 2.55. The largest absolute Gasteiger partial charge is 0.376 e. The summed E-state index contributed by atoms with van der Waals surface area (Å²) in [7, 11) is 0. The molecule has 2 heterocycles. The maximum Gasteiger partial charge on any atom is 0.325 e. The molecular formula is C18H23N3O3. The van der Waals surface area contributed by atoms with Crippen LogP contribution in [0, 0.1) is 0 Å². The van der Waals surface area contributed by atoms with Gasteiger partial charge in [-0.05, 0) is 24.8 Å². The van der Waals surface area contributed by atoms with Gasteiger partial charge in [-0.15, -0.1) is 0 Å². The van der Waals surface area contributed by atoms with Crippen LogP contribution in [0.3, 0.4) is 0 Å². The molecule has 3 rings (SSSR count). The topological polar surface area (TPSA) is 78.2 Å². The number of aryl methyl sites for hydroxylation is 1. The number of aromatic amines is 2. The van der Waals surface area contributed by atoms with Gasteiger partial charge >= 0.3 is 5.69 Å². The maximum absolute atomic E-state index is 11.4. The molecule has 24 heavy (non-hydrogen) atoms. The van der Waals surface area contributed by atoms with E-state index >= 15 is 0 Å². The molecule has 1 fully saturated rings. The van der Waals surface area contributed by atoms with E-state index < -0.39 is 5.69 Å². The summed E-state index contributed by atoms with van der Waals surface area (Å²) < 4.78 is 5.85. The van der Waals surface area contributed by atoms with Crippen LogP contribution < -0.4 is 11.2 Å². The molecule has 1 atom stereocenters. The second-order valence-corrected chi connectivity index (χ2v) is 6.22. The van der Waals surface area contributed by atoms with Gasteiger partial charge in [0.05, 0.1) is 12.7 Å². The highest BCUT2D eigenvalue weighted by atomic mass is 16.5. The molecule has 0 unspecified atom stereocenters. The second-order valence-electron chi connectivity index (χ2n) is 6.22. The van der Waals surface area contributed by atoms with Crippen LogP contribution in [0.15, 0.2) is 46.0 Å². The van der Waals surface area contributed by atoms with Crippen molar-refractivity contribution >= 4 is 0 Å². The van der Waals surface area contributed by atoms with Crippen molar-refractivity contribution < 1.29 is 4.74 Å². The smallest absolute Gasteiger partial charge is 0.325 e. The number of benzene rings is 1. The van der Waals surface area contributed by atoms with E-state index in [0.717, 1.165) is 32.4 Å². The molecule has 2 aromatic rings. The molecule has 0 bridgehead atoms. The van der Waals surface area contributed by atoms with Crippen LogP contribution in [0.5, 0.6) is 0 Å². The van der Waals surface area contributed by atoms with Crippen molar-refractivity contribution in [3.63, 3.8) is 0 Å². The van der Waals surface area contributed by atoms with Crippen LogP contribution in [-0.4, -0.2) is 40.7 Å². The summed E-state index contributed by atoms with van der Waals surface area (Å²) in [6.07, 6.45) is 3.36. The van der Waals surface area contributed by atoms with Crippen LogP contribution >= 0.6 is 0 Å². The Morgan fingerprint density at radius 1 is 1.17 bits per heavy atom. The minimum Gasteiger partial charge on any atom is -0.376 e. The minimum absolute atomic E-state index is 0.205. The summed E-state index contributed by atoms with van der Waals surface area (Å²) >= 11 is 0. The van der Waals surface area contributed by atoms with Gasteiger partial charge in [0, 0.05) is 31.4 Å². The molecule has 1 aromatic heterocycles. The lowest BCUT2D eigenvalue weighted by Gasteiger charge is -2.32. The van der Waals surface area contributed by atoms with Crippen molar-refractivity contribution in [3.05, 3.63) is 68.5 Å². The molecular weight excluding hydrogens is 306 g/mol. The first-order valence-corrected chi connectivity index (χ1v) is 8.39. The van der Waals surface area contributed by atoms with Crippen LogP contribution in [-0.2, 0) is 17.7 Å². The number of hydrogen-bond acceptors (Lipinski definition) is 4. The van der Waals surface area contributed by atoms with E-state index in [1.165, 1.54) is 11.6 Å². The van der Waals surface area contributed by atoms with Crippen molar-refractivity contribution in [2.75, 3.05) is 19.7 Å². The van der Waals surface area contributed by atoms with E-state index in [0.29, 0.717) is 18.8 Å². The van der Waals surface area contributed by atoms with Gasteiger partial charge in [0.15, 0.2) is 0 Å². The number of aromatic nitrogens is 2. The van der Waals surface area contributed by atoms with E-state index in [1.54, 1.807) is 0 Å². The number of ether oxygens (including phenoxy) is 1. The predicted molar refractivity (Wildman–Crippen MR) is 92.1 cm³/mol. The third-order valence-electron chi connectivity index (χ3n) is 4.27. The Kier molecular flexibility index (Phi) is 5.61. The highest BCUT2D eigenvalue weighted by Crippen LogP contribution is 2.14. The molecule has 1 aliphatic rings. The van der Waals surface area contributed by atoms with Gasteiger partial charge < -0.3 is 9.72 Å². The number of H-pyrrole nitrogens is 2. The number of nitrogens with zero attached hydrogens (tertiary/aromatic N) is 1.